The van der Waals surface area contributed by atoms with Crippen molar-refractivity contribution < 1.29 is 0 Å². The number of hydrogen-bond donors (Lipinski definition) is 1. The molecule has 2 aromatic rings. The molecular formula is C15H22N4. The SMILES string of the molecule is CC(C)(C)n1ncc2c(C3CCNCC3)cncc21. The van der Waals surface area contributed by atoms with Crippen molar-refractivity contribution in [3.05, 3.63) is 24.2 Å². The van der Waals surface area contributed by atoms with Gasteiger partial charge in [0.05, 0.1) is 23.4 Å². The Hall–Kier alpha value is -1.42. The maximum Gasteiger partial charge on any atom is 0.0874 e. The van der Waals surface area contributed by atoms with Crippen molar-refractivity contribution in [1.82, 2.24) is 20.1 Å². The highest BCUT2D eigenvalue weighted by Gasteiger charge is 2.22. The van der Waals surface area contributed by atoms with Crippen LogP contribution in [-0.4, -0.2) is 27.9 Å². The summed E-state index contributed by atoms with van der Waals surface area (Å²) < 4.78 is 2.08. The van der Waals surface area contributed by atoms with E-state index in [1.54, 1.807) is 0 Å². The number of hydrogen-bond acceptors (Lipinski definition) is 3. The molecule has 0 radical (unpaired) electrons. The van der Waals surface area contributed by atoms with Gasteiger partial charge in [-0.05, 0) is 58.2 Å². The summed E-state index contributed by atoms with van der Waals surface area (Å²) in [5, 5.41) is 9.28. The molecular weight excluding hydrogens is 236 g/mol. The summed E-state index contributed by atoms with van der Waals surface area (Å²) in [5.41, 5.74) is 2.52. The molecule has 0 spiro atoms. The number of nitrogens with zero attached hydrogens (tertiary/aromatic N) is 3. The van der Waals surface area contributed by atoms with Gasteiger partial charge in [-0.25, -0.2) is 0 Å². The van der Waals surface area contributed by atoms with E-state index in [0.29, 0.717) is 5.92 Å². The van der Waals surface area contributed by atoms with E-state index in [0.717, 1.165) is 18.6 Å². The van der Waals surface area contributed by atoms with Gasteiger partial charge in [-0.3, -0.25) is 9.67 Å². The second-order valence-electron chi connectivity index (χ2n) is 6.41. The fourth-order valence-corrected chi connectivity index (χ4v) is 2.96. The lowest BCUT2D eigenvalue weighted by molar-refractivity contribution is 0.368. The van der Waals surface area contributed by atoms with Crippen LogP contribution in [0.1, 0.15) is 45.1 Å². The Kier molecular flexibility index (Phi) is 3.05. The third kappa shape index (κ3) is 2.25. The smallest absolute Gasteiger partial charge is 0.0874 e. The van der Waals surface area contributed by atoms with Crippen LogP contribution < -0.4 is 5.32 Å². The third-order valence-electron chi connectivity index (χ3n) is 3.94. The lowest BCUT2D eigenvalue weighted by Crippen LogP contribution is -2.26. The molecule has 4 heteroatoms. The van der Waals surface area contributed by atoms with E-state index < -0.39 is 0 Å². The Bertz CT molecular complexity index is 573. The lowest BCUT2D eigenvalue weighted by Gasteiger charge is -2.24. The fourth-order valence-electron chi connectivity index (χ4n) is 2.96. The topological polar surface area (TPSA) is 42.7 Å². The summed E-state index contributed by atoms with van der Waals surface area (Å²) in [7, 11) is 0. The van der Waals surface area contributed by atoms with Crippen molar-refractivity contribution in [2.45, 2.75) is 45.1 Å². The molecule has 0 unspecified atom stereocenters. The van der Waals surface area contributed by atoms with E-state index in [-0.39, 0.29) is 5.54 Å². The zero-order chi connectivity index (χ0) is 13.5. The van der Waals surface area contributed by atoms with Crippen LogP contribution in [0.4, 0.5) is 0 Å². The minimum Gasteiger partial charge on any atom is -0.317 e. The highest BCUT2D eigenvalue weighted by Crippen LogP contribution is 2.31. The molecule has 3 heterocycles. The molecule has 0 bridgehead atoms. The van der Waals surface area contributed by atoms with E-state index >= 15 is 0 Å². The summed E-state index contributed by atoms with van der Waals surface area (Å²) in [5.74, 6) is 0.620. The number of aromatic nitrogens is 3. The quantitative estimate of drug-likeness (QED) is 0.855. The first kappa shape index (κ1) is 12.6. The second kappa shape index (κ2) is 4.60. The molecule has 1 aliphatic heterocycles. The van der Waals surface area contributed by atoms with Gasteiger partial charge in [0.1, 0.15) is 0 Å². The lowest BCUT2D eigenvalue weighted by atomic mass is 9.89. The Balaban J connectivity index is 2.09. The Morgan fingerprint density at radius 3 is 2.58 bits per heavy atom. The maximum atomic E-state index is 4.58. The van der Waals surface area contributed by atoms with Crippen LogP contribution in [0.3, 0.4) is 0 Å². The van der Waals surface area contributed by atoms with Crippen LogP contribution in [0.2, 0.25) is 0 Å². The molecule has 1 fully saturated rings. The van der Waals surface area contributed by atoms with Gasteiger partial charge in [0, 0.05) is 11.6 Å². The molecule has 0 saturated carbocycles. The van der Waals surface area contributed by atoms with Gasteiger partial charge in [0.15, 0.2) is 0 Å². The van der Waals surface area contributed by atoms with Gasteiger partial charge < -0.3 is 5.32 Å². The molecule has 0 aliphatic carbocycles. The maximum absolute atomic E-state index is 4.58. The molecule has 0 atom stereocenters. The minimum atomic E-state index is -0.00380. The molecule has 1 N–H and O–H groups in total. The van der Waals surface area contributed by atoms with Gasteiger partial charge in [0.25, 0.3) is 0 Å². The van der Waals surface area contributed by atoms with Gasteiger partial charge in [-0.2, -0.15) is 5.10 Å². The fraction of sp³-hybridized carbons (Fsp3) is 0.600. The van der Waals surface area contributed by atoms with Crippen molar-refractivity contribution in [2.75, 3.05) is 13.1 Å². The number of pyridine rings is 1. The van der Waals surface area contributed by atoms with Crippen molar-refractivity contribution >= 4 is 10.9 Å². The van der Waals surface area contributed by atoms with Crippen molar-refractivity contribution in [3.63, 3.8) is 0 Å². The average Bonchev–Trinajstić information content (AvgIpc) is 2.83. The van der Waals surface area contributed by atoms with Crippen LogP contribution in [-0.2, 0) is 5.54 Å². The van der Waals surface area contributed by atoms with Crippen molar-refractivity contribution in [1.29, 1.82) is 0 Å². The van der Waals surface area contributed by atoms with E-state index in [4.69, 9.17) is 0 Å². The van der Waals surface area contributed by atoms with Crippen molar-refractivity contribution in [3.8, 4) is 0 Å². The van der Waals surface area contributed by atoms with Crippen molar-refractivity contribution in [2.24, 2.45) is 0 Å². The zero-order valence-electron chi connectivity index (χ0n) is 12.0. The molecule has 4 nitrogen and oxygen atoms in total. The van der Waals surface area contributed by atoms with Gasteiger partial charge in [-0.1, -0.05) is 0 Å². The summed E-state index contributed by atoms with van der Waals surface area (Å²) in [6.07, 6.45) is 8.38. The molecule has 19 heavy (non-hydrogen) atoms. The van der Waals surface area contributed by atoms with Crippen LogP contribution >= 0.6 is 0 Å². The van der Waals surface area contributed by atoms with Crippen LogP contribution in [0.15, 0.2) is 18.6 Å². The highest BCUT2D eigenvalue weighted by molar-refractivity contribution is 5.82. The summed E-state index contributed by atoms with van der Waals surface area (Å²) in [6, 6.07) is 0. The number of fused-ring (bicyclic) bond motifs is 1. The molecule has 0 amide bonds. The summed E-state index contributed by atoms with van der Waals surface area (Å²) in [6.45, 7) is 8.74. The predicted molar refractivity (Wildman–Crippen MR) is 77.4 cm³/mol. The first-order valence-corrected chi connectivity index (χ1v) is 7.10. The number of nitrogens with one attached hydrogen (secondary N) is 1. The molecule has 3 rings (SSSR count). The number of rotatable bonds is 1. The molecule has 2 aromatic heterocycles. The van der Waals surface area contributed by atoms with Gasteiger partial charge in [0.2, 0.25) is 0 Å². The Morgan fingerprint density at radius 2 is 1.89 bits per heavy atom. The van der Waals surface area contributed by atoms with E-state index in [9.17, 15) is 0 Å². The summed E-state index contributed by atoms with van der Waals surface area (Å²) in [4.78, 5) is 4.45. The molecule has 0 aromatic carbocycles. The highest BCUT2D eigenvalue weighted by atomic mass is 15.3. The standard InChI is InChI=1S/C15H22N4/c1-15(2,3)19-14-10-17-8-12(13(14)9-18-19)11-4-6-16-7-5-11/h8-11,16H,4-7H2,1-3H3. The van der Waals surface area contributed by atoms with Crippen LogP contribution in [0, 0.1) is 0 Å². The molecule has 1 saturated heterocycles. The predicted octanol–water partition coefficient (Wildman–Crippen LogP) is 2.65. The minimum absolute atomic E-state index is 0.00380. The average molecular weight is 258 g/mol. The normalized spacial score (nSPS) is 18.1. The van der Waals surface area contributed by atoms with Gasteiger partial charge in [-0.15, -0.1) is 0 Å². The Labute approximate surface area is 114 Å². The Morgan fingerprint density at radius 1 is 1.16 bits per heavy atom. The van der Waals surface area contributed by atoms with E-state index in [1.165, 1.54) is 23.8 Å². The first-order chi connectivity index (χ1) is 9.07. The van der Waals surface area contributed by atoms with Crippen LogP contribution in [0.25, 0.3) is 10.9 Å². The summed E-state index contributed by atoms with van der Waals surface area (Å²) >= 11 is 0. The second-order valence-corrected chi connectivity index (χ2v) is 6.41. The van der Waals surface area contributed by atoms with E-state index in [2.05, 4.69) is 40.9 Å². The zero-order valence-corrected chi connectivity index (χ0v) is 12.0. The molecule has 1 aliphatic rings. The van der Waals surface area contributed by atoms with E-state index in [1.807, 2.05) is 18.6 Å². The molecule has 102 valence electrons. The third-order valence-corrected chi connectivity index (χ3v) is 3.94. The number of piperidine rings is 1. The largest absolute Gasteiger partial charge is 0.317 e. The van der Waals surface area contributed by atoms with Crippen LogP contribution in [0.5, 0.6) is 0 Å². The first-order valence-electron chi connectivity index (χ1n) is 7.10. The monoisotopic (exact) mass is 258 g/mol. The van der Waals surface area contributed by atoms with Gasteiger partial charge >= 0.3 is 0 Å².